The summed E-state index contributed by atoms with van der Waals surface area (Å²) in [6.07, 6.45) is -2.66. The Labute approximate surface area is 199 Å². The molecule has 184 valence electrons. The van der Waals surface area contributed by atoms with Crippen LogP contribution >= 0.6 is 0 Å². The van der Waals surface area contributed by atoms with Crippen molar-refractivity contribution < 1.29 is 18.0 Å². The van der Waals surface area contributed by atoms with E-state index in [0.717, 1.165) is 58.0 Å². The van der Waals surface area contributed by atoms with Gasteiger partial charge >= 0.3 is 6.18 Å². The van der Waals surface area contributed by atoms with Gasteiger partial charge in [0.15, 0.2) is 0 Å². The van der Waals surface area contributed by atoms with E-state index in [1.54, 1.807) is 0 Å². The summed E-state index contributed by atoms with van der Waals surface area (Å²) in [6, 6.07) is 11.0. The molecule has 1 aromatic heterocycles. The third-order valence-electron chi connectivity index (χ3n) is 6.56. The van der Waals surface area contributed by atoms with E-state index in [2.05, 4.69) is 46.0 Å². The molecule has 2 saturated heterocycles. The molecule has 34 heavy (non-hydrogen) atoms. The molecule has 2 aliphatic rings. The number of hydrogen-bond donors (Lipinski definition) is 0. The van der Waals surface area contributed by atoms with E-state index in [1.807, 2.05) is 9.80 Å². The zero-order valence-corrected chi connectivity index (χ0v) is 19.6. The van der Waals surface area contributed by atoms with Crippen LogP contribution in [0.2, 0.25) is 0 Å². The molecule has 4 rings (SSSR count). The number of piperazine rings is 1. The molecule has 0 saturated carbocycles. The number of carbonyl (C=O) groups excluding carboxylic acids is 1. The van der Waals surface area contributed by atoms with Crippen LogP contribution in [0.15, 0.2) is 42.6 Å². The van der Waals surface area contributed by atoms with Crippen molar-refractivity contribution in [2.75, 3.05) is 63.8 Å². The molecule has 0 N–H and O–H groups in total. The Balaban J connectivity index is 1.23. The first-order valence-electron chi connectivity index (χ1n) is 11.8. The van der Waals surface area contributed by atoms with Gasteiger partial charge in [0.25, 0.3) is 0 Å². The lowest BCUT2D eigenvalue weighted by atomic mass is 10.1. The highest BCUT2D eigenvalue weighted by Gasteiger charge is 2.31. The molecule has 2 aromatic rings. The molecule has 0 atom stereocenters. The normalized spacial score (nSPS) is 18.7. The average molecular weight is 476 g/mol. The van der Waals surface area contributed by atoms with Crippen LogP contribution in [0.5, 0.6) is 0 Å². The molecule has 6 nitrogen and oxygen atoms in total. The predicted molar refractivity (Wildman–Crippen MR) is 126 cm³/mol. The standard InChI is InChI=1S/C25H32F3N5O/c1-20-4-2-5-21(16-20)18-31-11-14-33(15-12-31)24(34)19-30-8-3-9-32(13-10-30)23-7-6-22(17-29-23)25(26,27)28/h2,4-7,16-17H,3,8-15,18-19H2,1H3. The summed E-state index contributed by atoms with van der Waals surface area (Å²) in [4.78, 5) is 25.4. The monoisotopic (exact) mass is 475 g/mol. The largest absolute Gasteiger partial charge is 0.417 e. The van der Waals surface area contributed by atoms with E-state index in [0.29, 0.717) is 32.0 Å². The van der Waals surface area contributed by atoms with Gasteiger partial charge < -0.3 is 9.80 Å². The van der Waals surface area contributed by atoms with Gasteiger partial charge in [-0.15, -0.1) is 0 Å². The Bertz CT molecular complexity index is 958. The Morgan fingerprint density at radius 1 is 0.941 bits per heavy atom. The molecule has 0 unspecified atom stereocenters. The molecule has 3 heterocycles. The topological polar surface area (TPSA) is 42.9 Å². The van der Waals surface area contributed by atoms with Crippen LogP contribution in [0, 0.1) is 6.92 Å². The molecule has 9 heteroatoms. The number of benzene rings is 1. The van der Waals surface area contributed by atoms with Crippen LogP contribution in [0.1, 0.15) is 23.1 Å². The minimum Gasteiger partial charge on any atom is -0.355 e. The lowest BCUT2D eigenvalue weighted by Crippen LogP contribution is -2.51. The van der Waals surface area contributed by atoms with E-state index in [9.17, 15) is 18.0 Å². The highest BCUT2D eigenvalue weighted by Crippen LogP contribution is 2.29. The number of halogens is 3. The summed E-state index contributed by atoms with van der Waals surface area (Å²) in [5.74, 6) is 0.696. The Morgan fingerprint density at radius 2 is 1.71 bits per heavy atom. The predicted octanol–water partition coefficient (Wildman–Crippen LogP) is 3.27. The van der Waals surface area contributed by atoms with Gasteiger partial charge in [-0.3, -0.25) is 14.6 Å². The molecule has 2 fully saturated rings. The first-order chi connectivity index (χ1) is 16.3. The summed E-state index contributed by atoms with van der Waals surface area (Å²) in [5, 5.41) is 0. The summed E-state index contributed by atoms with van der Waals surface area (Å²) in [7, 11) is 0. The zero-order valence-electron chi connectivity index (χ0n) is 19.6. The van der Waals surface area contributed by atoms with Gasteiger partial charge in [0.05, 0.1) is 12.1 Å². The number of aryl methyl sites for hydroxylation is 1. The van der Waals surface area contributed by atoms with Gasteiger partial charge in [0, 0.05) is 65.1 Å². The van der Waals surface area contributed by atoms with Crippen molar-refractivity contribution in [1.29, 1.82) is 0 Å². The second kappa shape index (κ2) is 10.7. The highest BCUT2D eigenvalue weighted by molar-refractivity contribution is 5.78. The molecule has 2 aliphatic heterocycles. The zero-order chi connectivity index (χ0) is 24.1. The fourth-order valence-corrected chi connectivity index (χ4v) is 4.61. The number of aromatic nitrogens is 1. The van der Waals surface area contributed by atoms with Crippen molar-refractivity contribution in [3.63, 3.8) is 0 Å². The third kappa shape index (κ3) is 6.48. The Kier molecular flexibility index (Phi) is 7.73. The average Bonchev–Trinajstić information content (AvgIpc) is 3.05. The van der Waals surface area contributed by atoms with Crippen LogP contribution in [0.4, 0.5) is 19.0 Å². The molecular formula is C25H32F3N5O. The van der Waals surface area contributed by atoms with E-state index in [4.69, 9.17) is 0 Å². The number of alkyl halides is 3. The van der Waals surface area contributed by atoms with Crippen LogP contribution < -0.4 is 4.90 Å². The van der Waals surface area contributed by atoms with E-state index in [-0.39, 0.29) is 5.91 Å². The van der Waals surface area contributed by atoms with Gasteiger partial charge in [-0.25, -0.2) is 4.98 Å². The number of pyridine rings is 1. The maximum Gasteiger partial charge on any atom is 0.417 e. The van der Waals surface area contributed by atoms with Crippen molar-refractivity contribution in [1.82, 2.24) is 19.7 Å². The van der Waals surface area contributed by atoms with Gasteiger partial charge in [0.1, 0.15) is 5.82 Å². The Hall–Kier alpha value is -2.65. The molecule has 0 aliphatic carbocycles. The van der Waals surface area contributed by atoms with Crippen molar-refractivity contribution in [2.45, 2.75) is 26.1 Å². The van der Waals surface area contributed by atoms with Crippen LogP contribution in [-0.4, -0.2) is 84.5 Å². The van der Waals surface area contributed by atoms with E-state index >= 15 is 0 Å². The van der Waals surface area contributed by atoms with Crippen LogP contribution in [0.3, 0.4) is 0 Å². The second-order valence-electron chi connectivity index (χ2n) is 9.17. The molecule has 1 amide bonds. The van der Waals surface area contributed by atoms with E-state index in [1.165, 1.54) is 17.2 Å². The summed E-state index contributed by atoms with van der Waals surface area (Å²) < 4.78 is 38.4. The maximum atomic E-state index is 12.9. The molecular weight excluding hydrogens is 443 g/mol. The van der Waals surface area contributed by atoms with Crippen LogP contribution in [-0.2, 0) is 17.5 Å². The summed E-state index contributed by atoms with van der Waals surface area (Å²) in [6.45, 7) is 9.41. The van der Waals surface area contributed by atoms with Crippen molar-refractivity contribution >= 4 is 11.7 Å². The SMILES string of the molecule is Cc1cccc(CN2CCN(C(=O)CN3CCCN(c4ccc(C(F)(F)F)cn4)CC3)CC2)c1. The second-order valence-corrected chi connectivity index (χ2v) is 9.17. The first-order valence-corrected chi connectivity index (χ1v) is 11.8. The number of anilines is 1. The van der Waals surface area contributed by atoms with Gasteiger partial charge in [-0.1, -0.05) is 29.8 Å². The number of amides is 1. The smallest absolute Gasteiger partial charge is 0.355 e. The van der Waals surface area contributed by atoms with Crippen molar-refractivity contribution in [3.05, 3.63) is 59.3 Å². The molecule has 0 spiro atoms. The molecule has 0 bridgehead atoms. The van der Waals surface area contributed by atoms with Crippen molar-refractivity contribution in [3.8, 4) is 0 Å². The van der Waals surface area contributed by atoms with E-state index < -0.39 is 11.7 Å². The van der Waals surface area contributed by atoms with Crippen molar-refractivity contribution in [2.24, 2.45) is 0 Å². The minimum atomic E-state index is -4.38. The fraction of sp³-hybridized carbons (Fsp3) is 0.520. The summed E-state index contributed by atoms with van der Waals surface area (Å²) in [5.41, 5.74) is 1.82. The Morgan fingerprint density at radius 3 is 2.38 bits per heavy atom. The lowest BCUT2D eigenvalue weighted by Gasteiger charge is -2.35. The number of hydrogen-bond acceptors (Lipinski definition) is 5. The van der Waals surface area contributed by atoms with Crippen LogP contribution in [0.25, 0.3) is 0 Å². The van der Waals surface area contributed by atoms with Gasteiger partial charge in [0.2, 0.25) is 5.91 Å². The lowest BCUT2D eigenvalue weighted by molar-refractivity contribution is -0.138. The minimum absolute atomic E-state index is 0.149. The highest BCUT2D eigenvalue weighted by atomic mass is 19.4. The maximum absolute atomic E-state index is 12.9. The molecule has 1 aromatic carbocycles. The quantitative estimate of drug-likeness (QED) is 0.664. The summed E-state index contributed by atoms with van der Waals surface area (Å²) >= 11 is 0. The fourth-order valence-electron chi connectivity index (χ4n) is 4.61. The van der Waals surface area contributed by atoms with Gasteiger partial charge in [-0.2, -0.15) is 13.2 Å². The third-order valence-corrected chi connectivity index (χ3v) is 6.56. The van der Waals surface area contributed by atoms with Gasteiger partial charge in [-0.05, 0) is 31.0 Å². The number of nitrogens with zero attached hydrogens (tertiary/aromatic N) is 5. The number of carbonyl (C=O) groups is 1. The first kappa shape index (κ1) is 24.5. The number of rotatable bonds is 5. The molecule has 0 radical (unpaired) electrons.